The van der Waals surface area contributed by atoms with Crippen molar-refractivity contribution in [2.45, 2.75) is 57.3 Å². The van der Waals surface area contributed by atoms with Crippen molar-refractivity contribution < 1.29 is 9.53 Å². The van der Waals surface area contributed by atoms with Gasteiger partial charge in [0.15, 0.2) is 5.69 Å². The van der Waals surface area contributed by atoms with E-state index in [2.05, 4.69) is 20.5 Å². The minimum atomic E-state index is -0.283. The lowest BCUT2D eigenvalue weighted by atomic mass is 9.72. The van der Waals surface area contributed by atoms with Crippen LogP contribution in [0.25, 0.3) is 0 Å². The van der Waals surface area contributed by atoms with Crippen molar-refractivity contribution in [2.75, 3.05) is 0 Å². The molecule has 126 valence electrons. The fraction of sp³-hybridized carbons (Fsp3) is 0.500. The number of aromatic nitrogens is 3. The van der Waals surface area contributed by atoms with Crippen LogP contribution in [-0.4, -0.2) is 27.2 Å². The van der Waals surface area contributed by atoms with Crippen LogP contribution in [0.1, 0.15) is 66.5 Å². The molecule has 1 aliphatic carbocycles. The summed E-state index contributed by atoms with van der Waals surface area (Å²) in [7, 11) is 0. The number of H-pyrrole nitrogens is 1. The van der Waals surface area contributed by atoms with E-state index in [1.807, 2.05) is 26.0 Å². The van der Waals surface area contributed by atoms with Crippen LogP contribution in [0, 0.1) is 0 Å². The highest BCUT2D eigenvalue weighted by Gasteiger charge is 2.41. The smallest absolute Gasteiger partial charge is 0.272 e. The van der Waals surface area contributed by atoms with Gasteiger partial charge in [-0.25, -0.2) is 0 Å². The topological polar surface area (TPSA) is 79.9 Å². The van der Waals surface area contributed by atoms with Crippen molar-refractivity contribution in [1.82, 2.24) is 20.5 Å². The van der Waals surface area contributed by atoms with E-state index in [0.29, 0.717) is 12.1 Å². The summed E-state index contributed by atoms with van der Waals surface area (Å²) in [6.45, 7) is 4.01. The molecule has 0 unspecified atom stereocenters. The van der Waals surface area contributed by atoms with Crippen molar-refractivity contribution in [3.63, 3.8) is 0 Å². The maximum atomic E-state index is 12.9. The highest BCUT2D eigenvalue weighted by Crippen LogP contribution is 2.41. The molecule has 2 N–H and O–H groups in total. The molecule has 24 heavy (non-hydrogen) atoms. The van der Waals surface area contributed by atoms with E-state index in [1.165, 1.54) is 0 Å². The molecule has 6 heteroatoms. The Hall–Kier alpha value is -2.21. The minimum Gasteiger partial charge on any atom is -0.369 e. The number of carbonyl (C=O) groups is 1. The van der Waals surface area contributed by atoms with Crippen molar-refractivity contribution in [1.29, 1.82) is 0 Å². The van der Waals surface area contributed by atoms with E-state index in [4.69, 9.17) is 4.74 Å². The number of nitrogens with one attached hydrogen (secondary N) is 2. The normalized spacial score (nSPS) is 24.8. The highest BCUT2D eigenvalue weighted by atomic mass is 16.5. The number of fused-ring (bicyclic) bond motifs is 1. The zero-order valence-electron chi connectivity index (χ0n) is 14.0. The fourth-order valence-corrected chi connectivity index (χ4v) is 3.83. The van der Waals surface area contributed by atoms with Crippen LogP contribution in [0.3, 0.4) is 0 Å². The Labute approximate surface area is 141 Å². The molecule has 2 atom stereocenters. The van der Waals surface area contributed by atoms with Gasteiger partial charge in [-0.1, -0.05) is 0 Å². The molecule has 0 saturated heterocycles. The molecule has 4 rings (SSSR count). The monoisotopic (exact) mass is 326 g/mol. The van der Waals surface area contributed by atoms with Gasteiger partial charge in [0.05, 0.1) is 23.4 Å². The molecular formula is C18H22N4O2. The summed E-state index contributed by atoms with van der Waals surface area (Å²) in [5, 5.41) is 10.5. The standard InChI is InChI=1S/C18H22N4O2/c1-11-10-14-15(12(2)24-11)21-22-16(14)17(23)20-18(6-3-7-18)13-4-8-19-9-5-13/h4-5,8-9,11-12H,3,6-7,10H2,1-2H3,(H,20,23)(H,21,22)/t11-,12+/m1/s1. The summed E-state index contributed by atoms with van der Waals surface area (Å²) < 4.78 is 5.80. The fourth-order valence-electron chi connectivity index (χ4n) is 3.83. The van der Waals surface area contributed by atoms with Crippen molar-refractivity contribution in [2.24, 2.45) is 0 Å². The molecule has 2 aromatic rings. The van der Waals surface area contributed by atoms with Crippen LogP contribution in [0.15, 0.2) is 24.5 Å². The lowest BCUT2D eigenvalue weighted by molar-refractivity contribution is -0.00698. The van der Waals surface area contributed by atoms with Crippen LogP contribution in [0.2, 0.25) is 0 Å². The molecule has 6 nitrogen and oxygen atoms in total. The second-order valence-electron chi connectivity index (χ2n) is 6.88. The van der Waals surface area contributed by atoms with E-state index in [0.717, 1.165) is 36.1 Å². The Kier molecular flexibility index (Phi) is 3.64. The third-order valence-electron chi connectivity index (χ3n) is 5.24. The number of hydrogen-bond donors (Lipinski definition) is 2. The zero-order chi connectivity index (χ0) is 16.7. The van der Waals surface area contributed by atoms with E-state index in [9.17, 15) is 4.79 Å². The van der Waals surface area contributed by atoms with Crippen molar-refractivity contribution in [3.05, 3.63) is 47.0 Å². The average molecular weight is 326 g/mol. The second-order valence-corrected chi connectivity index (χ2v) is 6.88. The quantitative estimate of drug-likeness (QED) is 0.909. The lowest BCUT2D eigenvalue weighted by Crippen LogP contribution is -2.51. The van der Waals surface area contributed by atoms with Gasteiger partial charge in [0.25, 0.3) is 5.91 Å². The van der Waals surface area contributed by atoms with Gasteiger partial charge in [-0.05, 0) is 50.8 Å². The molecule has 0 spiro atoms. The summed E-state index contributed by atoms with van der Waals surface area (Å²) in [4.78, 5) is 17.0. The summed E-state index contributed by atoms with van der Waals surface area (Å²) >= 11 is 0. The van der Waals surface area contributed by atoms with E-state index in [1.54, 1.807) is 12.4 Å². The molecule has 1 amide bonds. The van der Waals surface area contributed by atoms with E-state index < -0.39 is 0 Å². The predicted molar refractivity (Wildman–Crippen MR) is 88.5 cm³/mol. The van der Waals surface area contributed by atoms with Gasteiger partial charge in [-0.3, -0.25) is 14.9 Å². The molecule has 2 aliphatic rings. The van der Waals surface area contributed by atoms with Crippen LogP contribution in [-0.2, 0) is 16.7 Å². The highest BCUT2D eigenvalue weighted by molar-refractivity contribution is 5.94. The zero-order valence-corrected chi connectivity index (χ0v) is 14.0. The van der Waals surface area contributed by atoms with Crippen molar-refractivity contribution >= 4 is 5.91 Å². The number of carbonyl (C=O) groups excluding carboxylic acids is 1. The molecule has 1 aliphatic heterocycles. The Morgan fingerprint density at radius 2 is 2.08 bits per heavy atom. The van der Waals surface area contributed by atoms with Crippen LogP contribution < -0.4 is 5.32 Å². The number of nitrogens with zero attached hydrogens (tertiary/aromatic N) is 2. The Balaban J connectivity index is 1.61. The molecule has 0 radical (unpaired) electrons. The Morgan fingerprint density at radius 1 is 1.33 bits per heavy atom. The SMILES string of the molecule is C[C@@H]1Cc2c(C(=O)NC3(c4ccncc4)CCC3)n[nH]c2[C@H](C)O1. The van der Waals surface area contributed by atoms with Gasteiger partial charge in [-0.2, -0.15) is 5.10 Å². The van der Waals surface area contributed by atoms with Gasteiger partial charge in [0, 0.05) is 24.4 Å². The first kappa shape index (κ1) is 15.3. The van der Waals surface area contributed by atoms with Gasteiger partial charge < -0.3 is 10.1 Å². The number of ether oxygens (including phenoxy) is 1. The number of pyridine rings is 1. The number of hydrogen-bond acceptors (Lipinski definition) is 4. The van der Waals surface area contributed by atoms with Gasteiger partial charge >= 0.3 is 0 Å². The summed E-state index contributed by atoms with van der Waals surface area (Å²) in [6, 6.07) is 3.97. The third kappa shape index (κ3) is 2.41. The van der Waals surface area contributed by atoms with Gasteiger partial charge in [0.2, 0.25) is 0 Å². The van der Waals surface area contributed by atoms with E-state index in [-0.39, 0.29) is 23.7 Å². The first-order valence-corrected chi connectivity index (χ1v) is 8.55. The molecule has 0 aromatic carbocycles. The van der Waals surface area contributed by atoms with E-state index >= 15 is 0 Å². The minimum absolute atomic E-state index is 0.0596. The Bertz CT molecular complexity index is 752. The largest absolute Gasteiger partial charge is 0.369 e. The number of aromatic amines is 1. The summed E-state index contributed by atoms with van der Waals surface area (Å²) in [5.74, 6) is -0.106. The predicted octanol–water partition coefficient (Wildman–Crippen LogP) is 2.64. The molecule has 0 bridgehead atoms. The molecule has 2 aromatic heterocycles. The summed E-state index contributed by atoms with van der Waals surface area (Å²) in [5.41, 5.74) is 3.25. The summed E-state index contributed by atoms with van der Waals surface area (Å²) in [6.07, 6.45) is 7.31. The second kappa shape index (κ2) is 5.70. The maximum Gasteiger partial charge on any atom is 0.272 e. The first-order valence-electron chi connectivity index (χ1n) is 8.55. The molecule has 1 fully saturated rings. The van der Waals surface area contributed by atoms with Crippen molar-refractivity contribution in [3.8, 4) is 0 Å². The lowest BCUT2D eigenvalue weighted by Gasteiger charge is -2.43. The molecule has 3 heterocycles. The van der Waals surface area contributed by atoms with Crippen LogP contribution >= 0.6 is 0 Å². The molecule has 1 saturated carbocycles. The maximum absolute atomic E-state index is 12.9. The molecular weight excluding hydrogens is 304 g/mol. The number of rotatable bonds is 3. The Morgan fingerprint density at radius 3 is 2.75 bits per heavy atom. The first-order chi connectivity index (χ1) is 11.6. The van der Waals surface area contributed by atoms with Gasteiger partial charge in [-0.15, -0.1) is 0 Å². The average Bonchev–Trinajstić information content (AvgIpc) is 2.95. The van der Waals surface area contributed by atoms with Crippen LogP contribution in [0.5, 0.6) is 0 Å². The third-order valence-corrected chi connectivity index (χ3v) is 5.24. The van der Waals surface area contributed by atoms with Gasteiger partial charge in [0.1, 0.15) is 0 Å². The van der Waals surface area contributed by atoms with Crippen LogP contribution in [0.4, 0.5) is 0 Å². The number of amides is 1.